The summed E-state index contributed by atoms with van der Waals surface area (Å²) in [6.45, 7) is 9.12. The molecule has 3 aromatic rings. The predicted molar refractivity (Wildman–Crippen MR) is 176 cm³/mol. The molecule has 1 aliphatic carbocycles. The lowest BCUT2D eigenvalue weighted by molar-refractivity contribution is 0.0527. The Morgan fingerprint density at radius 2 is 1.69 bits per heavy atom. The smallest absolute Gasteiger partial charge is 0.338 e. The van der Waals surface area contributed by atoms with E-state index in [1.807, 2.05) is 37.3 Å². The average molecular weight is 703 g/mol. The number of carbonyl (C=O) groups excluding carboxylic acids is 2. The van der Waals surface area contributed by atoms with Crippen molar-refractivity contribution in [2.75, 3.05) is 28.7 Å². The molecule has 0 unspecified atom stereocenters. The summed E-state index contributed by atoms with van der Waals surface area (Å²) in [6.07, 6.45) is 5.75. The molecule has 0 aromatic heterocycles. The fraction of sp³-hybridized carbons (Fsp3) is 0.394. The SMILES string of the molecule is CCOC(=O)c1ccc(F)cc1-c1ccc(N(CC(C)C)C2CCCCC2)c(NC(=O)Nc2cc(Br)c(C)c(Br)c2)c1. The van der Waals surface area contributed by atoms with Crippen LogP contribution in [-0.4, -0.2) is 31.2 Å². The Bertz CT molecular complexity index is 1420. The van der Waals surface area contributed by atoms with Crippen LogP contribution in [0.1, 0.15) is 68.8 Å². The maximum atomic E-state index is 14.5. The van der Waals surface area contributed by atoms with Crippen LogP contribution < -0.4 is 15.5 Å². The molecule has 42 heavy (non-hydrogen) atoms. The number of hydrogen-bond donors (Lipinski definition) is 2. The summed E-state index contributed by atoms with van der Waals surface area (Å²) in [4.78, 5) is 28.6. The summed E-state index contributed by atoms with van der Waals surface area (Å²) < 4.78 is 21.5. The molecule has 0 radical (unpaired) electrons. The number of urea groups is 1. The number of rotatable bonds is 9. The Labute approximate surface area is 264 Å². The molecule has 2 amide bonds. The molecular weight excluding hydrogens is 665 g/mol. The van der Waals surface area contributed by atoms with Crippen LogP contribution in [0, 0.1) is 18.7 Å². The molecule has 1 saturated carbocycles. The second-order valence-electron chi connectivity index (χ2n) is 11.1. The monoisotopic (exact) mass is 701 g/mol. The van der Waals surface area contributed by atoms with Gasteiger partial charge in [-0.05, 0) is 91.8 Å². The number of ether oxygens (including phenoxy) is 1. The van der Waals surface area contributed by atoms with E-state index in [0.29, 0.717) is 34.5 Å². The van der Waals surface area contributed by atoms with Crippen LogP contribution in [0.4, 0.5) is 26.2 Å². The fourth-order valence-corrected chi connectivity index (χ4v) is 6.62. The number of amides is 2. The summed E-state index contributed by atoms with van der Waals surface area (Å²) in [5.41, 5.74) is 4.40. The molecule has 9 heteroatoms. The van der Waals surface area contributed by atoms with Gasteiger partial charge >= 0.3 is 12.0 Å². The van der Waals surface area contributed by atoms with Gasteiger partial charge in [-0.3, -0.25) is 0 Å². The van der Waals surface area contributed by atoms with Gasteiger partial charge in [-0.2, -0.15) is 0 Å². The van der Waals surface area contributed by atoms with E-state index in [0.717, 1.165) is 39.6 Å². The summed E-state index contributed by atoms with van der Waals surface area (Å²) in [5, 5.41) is 6.01. The van der Waals surface area contributed by atoms with Crippen LogP contribution in [0.2, 0.25) is 0 Å². The zero-order chi connectivity index (χ0) is 30.4. The van der Waals surface area contributed by atoms with E-state index in [1.165, 1.54) is 37.5 Å². The van der Waals surface area contributed by atoms with Gasteiger partial charge in [0.05, 0.1) is 23.5 Å². The first-order valence-corrected chi connectivity index (χ1v) is 16.1. The number of esters is 1. The lowest BCUT2D eigenvalue weighted by Gasteiger charge is -2.38. The minimum Gasteiger partial charge on any atom is -0.462 e. The Hall–Kier alpha value is -2.91. The third-order valence-electron chi connectivity index (χ3n) is 7.46. The van der Waals surface area contributed by atoms with Crippen LogP contribution in [0.25, 0.3) is 11.1 Å². The van der Waals surface area contributed by atoms with Crippen molar-refractivity contribution in [3.63, 3.8) is 0 Å². The zero-order valence-corrected chi connectivity index (χ0v) is 27.7. The standard InChI is InChI=1S/C33H38Br2FN3O3/c1-5-42-32(40)26-13-12-23(36)16-27(26)22-11-14-31(39(19-20(2)3)25-9-7-6-8-10-25)30(15-22)38-33(41)37-24-17-28(34)21(4)29(35)18-24/h11-18,20,25H,5-10,19H2,1-4H3,(H2,37,38,41). The van der Waals surface area contributed by atoms with Crippen molar-refractivity contribution >= 4 is 60.9 Å². The summed E-state index contributed by atoms with van der Waals surface area (Å²) in [5.74, 6) is -0.592. The quantitative estimate of drug-likeness (QED) is 0.218. The molecule has 0 spiro atoms. The van der Waals surface area contributed by atoms with Crippen molar-refractivity contribution < 1.29 is 18.7 Å². The lowest BCUT2D eigenvalue weighted by Crippen LogP contribution is -2.40. The minimum atomic E-state index is -0.525. The van der Waals surface area contributed by atoms with Crippen molar-refractivity contribution in [3.8, 4) is 11.1 Å². The molecule has 0 heterocycles. The Balaban J connectivity index is 1.78. The van der Waals surface area contributed by atoms with E-state index in [1.54, 1.807) is 6.92 Å². The molecule has 3 aromatic carbocycles. The molecule has 0 aliphatic heterocycles. The van der Waals surface area contributed by atoms with E-state index < -0.39 is 17.8 Å². The molecule has 2 N–H and O–H groups in total. The van der Waals surface area contributed by atoms with Crippen LogP contribution in [0.3, 0.4) is 0 Å². The number of carbonyl (C=O) groups is 2. The average Bonchev–Trinajstić information content (AvgIpc) is 2.95. The number of anilines is 3. The number of benzene rings is 3. The first kappa shape index (κ1) is 32.0. The highest BCUT2D eigenvalue weighted by Crippen LogP contribution is 2.38. The van der Waals surface area contributed by atoms with Gasteiger partial charge < -0.3 is 20.3 Å². The highest BCUT2D eigenvalue weighted by atomic mass is 79.9. The molecule has 1 fully saturated rings. The largest absolute Gasteiger partial charge is 0.462 e. The van der Waals surface area contributed by atoms with Crippen LogP contribution in [-0.2, 0) is 4.74 Å². The van der Waals surface area contributed by atoms with E-state index in [-0.39, 0.29) is 12.2 Å². The second-order valence-corrected chi connectivity index (χ2v) is 12.8. The van der Waals surface area contributed by atoms with Gasteiger partial charge in [0.15, 0.2) is 0 Å². The predicted octanol–water partition coefficient (Wildman–Crippen LogP) is 9.94. The van der Waals surface area contributed by atoms with Crippen LogP contribution in [0.5, 0.6) is 0 Å². The molecule has 224 valence electrons. The number of nitrogens with one attached hydrogen (secondary N) is 2. The van der Waals surface area contributed by atoms with Gasteiger partial charge in [0.1, 0.15) is 5.82 Å². The Morgan fingerprint density at radius 1 is 1.00 bits per heavy atom. The molecule has 4 rings (SSSR count). The maximum absolute atomic E-state index is 14.5. The molecule has 1 aliphatic rings. The second kappa shape index (κ2) is 14.5. The maximum Gasteiger partial charge on any atom is 0.338 e. The highest BCUT2D eigenvalue weighted by molar-refractivity contribution is 9.11. The van der Waals surface area contributed by atoms with Gasteiger partial charge in [0.25, 0.3) is 0 Å². The van der Waals surface area contributed by atoms with Crippen molar-refractivity contribution in [2.45, 2.75) is 65.8 Å². The minimum absolute atomic E-state index is 0.207. The molecule has 0 atom stereocenters. The van der Waals surface area contributed by atoms with Crippen LogP contribution >= 0.6 is 31.9 Å². The lowest BCUT2D eigenvalue weighted by atomic mass is 9.92. The number of nitrogens with zero attached hydrogens (tertiary/aromatic N) is 1. The number of halogens is 3. The topological polar surface area (TPSA) is 70.7 Å². The summed E-state index contributed by atoms with van der Waals surface area (Å²) in [6, 6.07) is 13.4. The number of hydrogen-bond acceptors (Lipinski definition) is 4. The van der Waals surface area contributed by atoms with E-state index in [4.69, 9.17) is 4.74 Å². The molecular formula is C33H38Br2FN3O3. The molecule has 0 saturated heterocycles. The third kappa shape index (κ3) is 7.92. The summed E-state index contributed by atoms with van der Waals surface area (Å²) >= 11 is 7.09. The van der Waals surface area contributed by atoms with E-state index in [2.05, 4.69) is 61.2 Å². The fourth-order valence-electron chi connectivity index (χ4n) is 5.43. The van der Waals surface area contributed by atoms with Crippen molar-refractivity contribution in [2.24, 2.45) is 5.92 Å². The first-order valence-electron chi connectivity index (χ1n) is 14.5. The normalized spacial score (nSPS) is 13.6. The van der Waals surface area contributed by atoms with Crippen molar-refractivity contribution in [1.82, 2.24) is 0 Å². The van der Waals surface area contributed by atoms with Gasteiger partial charge in [0, 0.05) is 27.2 Å². The zero-order valence-electron chi connectivity index (χ0n) is 24.5. The highest BCUT2D eigenvalue weighted by Gasteiger charge is 2.26. The van der Waals surface area contributed by atoms with E-state index in [9.17, 15) is 14.0 Å². The molecule has 0 bridgehead atoms. The van der Waals surface area contributed by atoms with Crippen molar-refractivity contribution in [3.05, 3.63) is 74.4 Å². The third-order valence-corrected chi connectivity index (χ3v) is 9.11. The van der Waals surface area contributed by atoms with Gasteiger partial charge in [-0.1, -0.05) is 71.0 Å². The molecule has 6 nitrogen and oxygen atoms in total. The summed E-state index contributed by atoms with van der Waals surface area (Å²) in [7, 11) is 0. The van der Waals surface area contributed by atoms with Gasteiger partial charge in [0.2, 0.25) is 0 Å². The van der Waals surface area contributed by atoms with Crippen LogP contribution in [0.15, 0.2) is 57.5 Å². The van der Waals surface area contributed by atoms with Gasteiger partial charge in [-0.25, -0.2) is 14.0 Å². The Kier molecular flexibility index (Phi) is 11.1. The van der Waals surface area contributed by atoms with Crippen molar-refractivity contribution in [1.29, 1.82) is 0 Å². The Morgan fingerprint density at radius 3 is 2.33 bits per heavy atom. The first-order chi connectivity index (χ1) is 20.1. The van der Waals surface area contributed by atoms with Gasteiger partial charge in [-0.15, -0.1) is 0 Å². The van der Waals surface area contributed by atoms with E-state index >= 15 is 0 Å².